The van der Waals surface area contributed by atoms with Crippen LogP contribution < -0.4 is 5.43 Å². The monoisotopic (exact) mass is 357 g/mol. The van der Waals surface area contributed by atoms with Crippen molar-refractivity contribution in [3.63, 3.8) is 0 Å². The van der Waals surface area contributed by atoms with Crippen LogP contribution in [0.15, 0.2) is 65.7 Å². The number of benzene rings is 2. The van der Waals surface area contributed by atoms with Crippen molar-refractivity contribution in [1.82, 2.24) is 10.4 Å². The molecule has 0 saturated carbocycles. The molecule has 2 aliphatic heterocycles. The molecule has 23 heavy (non-hydrogen) atoms. The molecule has 2 aliphatic rings. The van der Waals surface area contributed by atoms with Gasteiger partial charge in [0.15, 0.2) is 9.49 Å². The summed E-state index contributed by atoms with van der Waals surface area (Å²) in [6.07, 6.45) is 2.11. The lowest BCUT2D eigenvalue weighted by molar-refractivity contribution is 0.539. The van der Waals surface area contributed by atoms with E-state index in [1.807, 2.05) is 47.5 Å². The molecular weight excluding hydrogens is 346 g/mol. The lowest BCUT2D eigenvalue weighted by Gasteiger charge is -2.28. The first-order valence-corrected chi connectivity index (χ1v) is 8.71. The van der Waals surface area contributed by atoms with Gasteiger partial charge >= 0.3 is 0 Å². The molecule has 4 rings (SSSR count). The van der Waals surface area contributed by atoms with Crippen molar-refractivity contribution in [2.45, 2.75) is 6.04 Å². The number of aliphatic imine (C=N–C) groups is 1. The number of nitrogens with one attached hydrogen (secondary N) is 1. The Kier molecular flexibility index (Phi) is 3.85. The van der Waals surface area contributed by atoms with Gasteiger partial charge in [-0.2, -0.15) is 0 Å². The maximum absolute atomic E-state index is 6.36. The summed E-state index contributed by atoms with van der Waals surface area (Å²) in [7, 11) is 0. The van der Waals surface area contributed by atoms with Gasteiger partial charge in [-0.1, -0.05) is 72.3 Å². The highest BCUT2D eigenvalue weighted by Crippen LogP contribution is 2.38. The smallest absolute Gasteiger partial charge is 0.191 e. The van der Waals surface area contributed by atoms with Gasteiger partial charge in [0.2, 0.25) is 0 Å². The molecule has 0 aliphatic carbocycles. The second kappa shape index (κ2) is 6.00. The SMILES string of the molecule is S=C1NN2C(c3ccccc3)=CC(c3ccccc3Cl)N=C2S1. The first-order valence-electron chi connectivity index (χ1n) is 7.10. The number of hydrazine groups is 1. The van der Waals surface area contributed by atoms with E-state index in [1.165, 1.54) is 11.8 Å². The highest BCUT2D eigenvalue weighted by Gasteiger charge is 2.32. The summed E-state index contributed by atoms with van der Waals surface area (Å²) in [5.41, 5.74) is 6.32. The molecule has 0 spiro atoms. The third-order valence-corrected chi connectivity index (χ3v) is 5.11. The number of hydrogen-bond acceptors (Lipinski definition) is 4. The zero-order chi connectivity index (χ0) is 15.8. The minimum atomic E-state index is -0.125. The lowest BCUT2D eigenvalue weighted by Crippen LogP contribution is -2.36. The van der Waals surface area contributed by atoms with Crippen LogP contribution in [0.1, 0.15) is 17.2 Å². The van der Waals surface area contributed by atoms with Crippen molar-refractivity contribution in [3.8, 4) is 0 Å². The predicted molar refractivity (Wildman–Crippen MR) is 101 cm³/mol. The van der Waals surface area contributed by atoms with Crippen LogP contribution in [0.3, 0.4) is 0 Å². The molecule has 1 saturated heterocycles. The first kappa shape index (κ1) is 14.8. The molecule has 0 aromatic heterocycles. The molecule has 0 radical (unpaired) electrons. The van der Waals surface area contributed by atoms with Crippen LogP contribution in [0.2, 0.25) is 5.02 Å². The van der Waals surface area contributed by atoms with E-state index in [4.69, 9.17) is 28.8 Å². The highest BCUT2D eigenvalue weighted by atomic mass is 35.5. The van der Waals surface area contributed by atoms with Gasteiger partial charge in [-0.05, 0) is 35.0 Å². The Morgan fingerprint density at radius 3 is 2.61 bits per heavy atom. The van der Waals surface area contributed by atoms with Crippen molar-refractivity contribution in [2.75, 3.05) is 0 Å². The fraction of sp³-hybridized carbons (Fsp3) is 0.0588. The van der Waals surface area contributed by atoms with Crippen molar-refractivity contribution >= 4 is 50.8 Å². The van der Waals surface area contributed by atoms with E-state index in [0.29, 0.717) is 4.32 Å². The minimum absolute atomic E-state index is 0.125. The van der Waals surface area contributed by atoms with Gasteiger partial charge in [0.25, 0.3) is 0 Å². The van der Waals surface area contributed by atoms with Crippen LogP contribution in [0.4, 0.5) is 0 Å². The molecule has 1 atom stereocenters. The standard InChI is InChI=1S/C17H12ClN3S2/c18-13-9-5-4-8-12(13)14-10-15(11-6-2-1-3-7-11)21-16(19-14)23-17(22)20-21/h1-10,14H,(H,20,22). The minimum Gasteiger partial charge on any atom is -0.276 e. The van der Waals surface area contributed by atoms with Gasteiger partial charge in [0, 0.05) is 5.02 Å². The van der Waals surface area contributed by atoms with Crippen LogP contribution in [0, 0.1) is 0 Å². The maximum Gasteiger partial charge on any atom is 0.191 e. The topological polar surface area (TPSA) is 27.6 Å². The summed E-state index contributed by atoms with van der Waals surface area (Å²) in [5, 5.41) is 3.51. The van der Waals surface area contributed by atoms with Gasteiger partial charge in [0.05, 0.1) is 11.7 Å². The number of amidine groups is 1. The number of fused-ring (bicyclic) bond motifs is 1. The van der Waals surface area contributed by atoms with Gasteiger partial charge in [-0.3, -0.25) is 5.43 Å². The number of nitrogens with zero attached hydrogens (tertiary/aromatic N) is 2. The van der Waals surface area contributed by atoms with Crippen LogP contribution in [-0.4, -0.2) is 14.5 Å². The summed E-state index contributed by atoms with van der Waals surface area (Å²) in [5.74, 6) is 0. The molecule has 2 aromatic carbocycles. The summed E-state index contributed by atoms with van der Waals surface area (Å²) in [4.78, 5) is 4.80. The Balaban J connectivity index is 1.83. The largest absolute Gasteiger partial charge is 0.276 e. The third kappa shape index (κ3) is 2.76. The quantitative estimate of drug-likeness (QED) is 0.793. The summed E-state index contributed by atoms with van der Waals surface area (Å²) in [6.45, 7) is 0. The van der Waals surface area contributed by atoms with Gasteiger partial charge in [0.1, 0.15) is 0 Å². The van der Waals surface area contributed by atoms with Crippen LogP contribution in [0.25, 0.3) is 5.70 Å². The fourth-order valence-electron chi connectivity index (χ4n) is 2.63. The molecule has 0 amide bonds. The average molecular weight is 358 g/mol. The van der Waals surface area contributed by atoms with Crippen molar-refractivity contribution < 1.29 is 0 Å². The molecule has 3 nitrogen and oxygen atoms in total. The number of halogens is 1. The maximum atomic E-state index is 6.36. The van der Waals surface area contributed by atoms with E-state index in [9.17, 15) is 0 Å². The number of rotatable bonds is 2. The Hall–Kier alpha value is -1.82. The second-order valence-corrected chi connectivity index (χ2v) is 7.18. The molecule has 6 heteroatoms. The van der Waals surface area contributed by atoms with Crippen molar-refractivity contribution in [2.24, 2.45) is 4.99 Å². The number of thiocarbonyl (C=S) groups is 1. The number of hydrogen-bond donors (Lipinski definition) is 1. The van der Waals surface area contributed by atoms with E-state index < -0.39 is 0 Å². The molecule has 1 fully saturated rings. The summed E-state index contributed by atoms with van der Waals surface area (Å²) in [6, 6.07) is 17.9. The van der Waals surface area contributed by atoms with Gasteiger partial charge < -0.3 is 0 Å². The molecule has 1 N–H and O–H groups in total. The van der Waals surface area contributed by atoms with E-state index in [1.54, 1.807) is 0 Å². The zero-order valence-electron chi connectivity index (χ0n) is 11.9. The Morgan fingerprint density at radius 1 is 1.09 bits per heavy atom. The normalized spacial score (nSPS) is 19.8. The van der Waals surface area contributed by atoms with E-state index in [2.05, 4.69) is 23.6 Å². The van der Waals surface area contributed by atoms with E-state index in [0.717, 1.165) is 27.0 Å². The molecule has 1 unspecified atom stereocenters. The zero-order valence-corrected chi connectivity index (χ0v) is 14.3. The molecule has 2 aromatic rings. The lowest BCUT2D eigenvalue weighted by atomic mass is 10.0. The molecular formula is C17H12ClN3S2. The van der Waals surface area contributed by atoms with E-state index >= 15 is 0 Å². The van der Waals surface area contributed by atoms with Gasteiger partial charge in [-0.15, -0.1) is 0 Å². The molecule has 0 bridgehead atoms. The highest BCUT2D eigenvalue weighted by molar-refractivity contribution is 8.33. The predicted octanol–water partition coefficient (Wildman–Crippen LogP) is 4.63. The van der Waals surface area contributed by atoms with Crippen LogP contribution in [-0.2, 0) is 0 Å². The van der Waals surface area contributed by atoms with Crippen molar-refractivity contribution in [3.05, 3.63) is 76.8 Å². The summed E-state index contributed by atoms with van der Waals surface area (Å²) >= 11 is 13.1. The Morgan fingerprint density at radius 2 is 1.83 bits per heavy atom. The van der Waals surface area contributed by atoms with E-state index in [-0.39, 0.29) is 6.04 Å². The summed E-state index contributed by atoms with van der Waals surface area (Å²) < 4.78 is 0.699. The molecule has 114 valence electrons. The Bertz CT molecular complexity index is 833. The molecule has 2 heterocycles. The Labute approximate surface area is 149 Å². The van der Waals surface area contributed by atoms with Gasteiger partial charge in [-0.25, -0.2) is 10.0 Å². The second-order valence-electron chi connectivity index (χ2n) is 5.13. The average Bonchev–Trinajstić information content (AvgIpc) is 2.95. The van der Waals surface area contributed by atoms with Crippen LogP contribution in [0.5, 0.6) is 0 Å². The first-order chi connectivity index (χ1) is 11.2. The number of thioether (sulfide) groups is 1. The van der Waals surface area contributed by atoms with Crippen molar-refractivity contribution in [1.29, 1.82) is 0 Å². The fourth-order valence-corrected chi connectivity index (χ4v) is 3.89. The van der Waals surface area contributed by atoms with Crippen LogP contribution >= 0.6 is 35.6 Å². The third-order valence-electron chi connectivity index (χ3n) is 3.68.